The van der Waals surface area contributed by atoms with Gasteiger partial charge in [0, 0.05) is 5.69 Å². The average Bonchev–Trinajstić information content (AvgIpc) is 2.47. The van der Waals surface area contributed by atoms with E-state index in [0.29, 0.717) is 11.5 Å². The van der Waals surface area contributed by atoms with Gasteiger partial charge in [-0.2, -0.15) is 0 Å². The highest BCUT2D eigenvalue weighted by Crippen LogP contribution is 2.31. The van der Waals surface area contributed by atoms with Gasteiger partial charge < -0.3 is 14.8 Å². The quantitative estimate of drug-likeness (QED) is 0.912. The van der Waals surface area contributed by atoms with E-state index in [-0.39, 0.29) is 12.5 Å². The fraction of sp³-hybridized carbons (Fsp3) is 0.188. The predicted molar refractivity (Wildman–Crippen MR) is 76.2 cm³/mol. The molecule has 1 atom stereocenters. The van der Waals surface area contributed by atoms with Crippen LogP contribution in [-0.2, 0) is 4.79 Å². The summed E-state index contributed by atoms with van der Waals surface area (Å²) >= 11 is 0. The Balaban J connectivity index is 1.70. The van der Waals surface area contributed by atoms with Crippen LogP contribution in [0.3, 0.4) is 0 Å². The van der Waals surface area contributed by atoms with Crippen molar-refractivity contribution in [3.8, 4) is 11.5 Å². The first kappa shape index (κ1) is 12.5. The van der Waals surface area contributed by atoms with Gasteiger partial charge in [-0.1, -0.05) is 24.3 Å². The standard InChI is InChI=1S/C16H15NO3/c1-11-5-4-6-12(9-11)17-16(18)15-10-19-13-7-2-3-8-14(13)20-15/h2-9,15H,10H2,1H3,(H,17,18)/t15-/m0/s1. The van der Waals surface area contributed by atoms with Crippen molar-refractivity contribution in [1.29, 1.82) is 0 Å². The third-order valence-corrected chi connectivity index (χ3v) is 3.09. The molecule has 0 aromatic heterocycles. The monoisotopic (exact) mass is 269 g/mol. The van der Waals surface area contributed by atoms with Crippen molar-refractivity contribution in [3.63, 3.8) is 0 Å². The molecule has 0 saturated heterocycles. The zero-order valence-electron chi connectivity index (χ0n) is 11.1. The fourth-order valence-electron chi connectivity index (χ4n) is 2.09. The summed E-state index contributed by atoms with van der Waals surface area (Å²) in [5.41, 5.74) is 1.85. The lowest BCUT2D eigenvalue weighted by Crippen LogP contribution is -2.40. The first-order valence-electron chi connectivity index (χ1n) is 6.48. The Morgan fingerprint density at radius 3 is 2.75 bits per heavy atom. The lowest BCUT2D eigenvalue weighted by atomic mass is 10.2. The van der Waals surface area contributed by atoms with E-state index in [1.54, 1.807) is 6.07 Å². The highest BCUT2D eigenvalue weighted by Gasteiger charge is 2.27. The van der Waals surface area contributed by atoms with Gasteiger partial charge >= 0.3 is 0 Å². The van der Waals surface area contributed by atoms with E-state index >= 15 is 0 Å². The number of carbonyl (C=O) groups is 1. The van der Waals surface area contributed by atoms with Crippen molar-refractivity contribution >= 4 is 11.6 Å². The first-order chi connectivity index (χ1) is 9.72. The fourth-order valence-corrected chi connectivity index (χ4v) is 2.09. The van der Waals surface area contributed by atoms with Crippen LogP contribution in [0.2, 0.25) is 0 Å². The maximum absolute atomic E-state index is 12.2. The third kappa shape index (κ3) is 2.59. The van der Waals surface area contributed by atoms with Gasteiger partial charge in [0.15, 0.2) is 11.5 Å². The normalized spacial score (nSPS) is 16.6. The second-order valence-corrected chi connectivity index (χ2v) is 4.72. The first-order valence-corrected chi connectivity index (χ1v) is 6.48. The number of amides is 1. The molecule has 1 aliphatic rings. The molecular weight excluding hydrogens is 254 g/mol. The van der Waals surface area contributed by atoms with Gasteiger partial charge in [0.25, 0.3) is 5.91 Å². The van der Waals surface area contributed by atoms with Gasteiger partial charge in [-0.3, -0.25) is 4.79 Å². The maximum atomic E-state index is 12.2. The molecular formula is C16H15NO3. The highest BCUT2D eigenvalue weighted by atomic mass is 16.6. The van der Waals surface area contributed by atoms with Crippen LogP contribution in [0.5, 0.6) is 11.5 Å². The third-order valence-electron chi connectivity index (χ3n) is 3.09. The number of benzene rings is 2. The zero-order chi connectivity index (χ0) is 13.9. The molecule has 0 saturated carbocycles. The molecule has 1 aliphatic heterocycles. The minimum atomic E-state index is -0.634. The molecule has 0 unspecified atom stereocenters. The van der Waals surface area contributed by atoms with Gasteiger partial charge in [-0.15, -0.1) is 0 Å². The van der Waals surface area contributed by atoms with Crippen molar-refractivity contribution in [3.05, 3.63) is 54.1 Å². The molecule has 20 heavy (non-hydrogen) atoms. The molecule has 0 aliphatic carbocycles. The predicted octanol–water partition coefficient (Wildman–Crippen LogP) is 2.77. The SMILES string of the molecule is Cc1cccc(NC(=O)[C@@H]2COc3ccccc3O2)c1. The lowest BCUT2D eigenvalue weighted by molar-refractivity contribution is -0.125. The Labute approximate surface area is 117 Å². The van der Waals surface area contributed by atoms with Crippen LogP contribution in [0, 0.1) is 6.92 Å². The van der Waals surface area contributed by atoms with Crippen molar-refractivity contribution in [2.45, 2.75) is 13.0 Å². The minimum absolute atomic E-state index is 0.204. The number of nitrogens with one attached hydrogen (secondary N) is 1. The molecule has 3 rings (SSSR count). The highest BCUT2D eigenvalue weighted by molar-refractivity contribution is 5.94. The second kappa shape index (κ2) is 5.25. The topological polar surface area (TPSA) is 47.6 Å². The van der Waals surface area contributed by atoms with Crippen LogP contribution in [0.4, 0.5) is 5.69 Å². The number of rotatable bonds is 2. The number of para-hydroxylation sites is 2. The Kier molecular flexibility index (Phi) is 3.29. The maximum Gasteiger partial charge on any atom is 0.269 e. The molecule has 4 nitrogen and oxygen atoms in total. The van der Waals surface area contributed by atoms with Crippen molar-refractivity contribution in [2.75, 3.05) is 11.9 Å². The van der Waals surface area contributed by atoms with Crippen LogP contribution < -0.4 is 14.8 Å². The van der Waals surface area contributed by atoms with Crippen LogP contribution in [0.1, 0.15) is 5.56 Å². The minimum Gasteiger partial charge on any atom is -0.485 e. The smallest absolute Gasteiger partial charge is 0.269 e. The van der Waals surface area contributed by atoms with Crippen LogP contribution in [0.15, 0.2) is 48.5 Å². The number of aryl methyl sites for hydroxylation is 1. The summed E-state index contributed by atoms with van der Waals surface area (Å²) in [5, 5.41) is 2.84. The number of anilines is 1. The molecule has 1 amide bonds. The summed E-state index contributed by atoms with van der Waals surface area (Å²) < 4.78 is 11.2. The Morgan fingerprint density at radius 2 is 1.95 bits per heavy atom. The number of ether oxygens (including phenoxy) is 2. The number of hydrogen-bond acceptors (Lipinski definition) is 3. The molecule has 102 valence electrons. The van der Waals surface area contributed by atoms with Gasteiger partial charge in [0.2, 0.25) is 6.10 Å². The number of carbonyl (C=O) groups excluding carboxylic acids is 1. The summed E-state index contributed by atoms with van der Waals surface area (Å²) in [6.45, 7) is 2.20. The van der Waals surface area contributed by atoms with E-state index < -0.39 is 6.10 Å². The van der Waals surface area contributed by atoms with Gasteiger partial charge in [-0.05, 0) is 36.8 Å². The molecule has 0 fully saturated rings. The Hall–Kier alpha value is -2.49. The molecule has 1 N–H and O–H groups in total. The lowest BCUT2D eigenvalue weighted by Gasteiger charge is -2.25. The van der Waals surface area contributed by atoms with E-state index in [9.17, 15) is 4.79 Å². The largest absolute Gasteiger partial charge is 0.485 e. The van der Waals surface area contributed by atoms with Crippen LogP contribution in [-0.4, -0.2) is 18.6 Å². The summed E-state index contributed by atoms with van der Waals surface area (Å²) in [5.74, 6) is 1.07. The van der Waals surface area contributed by atoms with Crippen molar-refractivity contribution < 1.29 is 14.3 Å². The van der Waals surface area contributed by atoms with E-state index in [0.717, 1.165) is 11.3 Å². The number of fused-ring (bicyclic) bond motifs is 1. The molecule has 4 heteroatoms. The zero-order valence-corrected chi connectivity index (χ0v) is 11.1. The Bertz CT molecular complexity index is 639. The van der Waals surface area contributed by atoms with Crippen molar-refractivity contribution in [2.24, 2.45) is 0 Å². The Morgan fingerprint density at radius 1 is 1.15 bits per heavy atom. The molecule has 2 aromatic rings. The molecule has 0 radical (unpaired) electrons. The van der Waals surface area contributed by atoms with E-state index in [1.165, 1.54) is 0 Å². The van der Waals surface area contributed by atoms with E-state index in [2.05, 4.69) is 5.32 Å². The number of hydrogen-bond donors (Lipinski definition) is 1. The van der Waals surface area contributed by atoms with Crippen LogP contribution >= 0.6 is 0 Å². The summed E-state index contributed by atoms with van der Waals surface area (Å²) in [7, 11) is 0. The van der Waals surface area contributed by atoms with Crippen LogP contribution in [0.25, 0.3) is 0 Å². The molecule has 0 spiro atoms. The van der Waals surface area contributed by atoms with Gasteiger partial charge in [0.05, 0.1) is 0 Å². The summed E-state index contributed by atoms with van der Waals surface area (Å²) in [6.07, 6.45) is -0.634. The van der Waals surface area contributed by atoms with Gasteiger partial charge in [-0.25, -0.2) is 0 Å². The summed E-state index contributed by atoms with van der Waals surface area (Å²) in [4.78, 5) is 12.2. The van der Waals surface area contributed by atoms with Gasteiger partial charge in [0.1, 0.15) is 6.61 Å². The molecule has 0 bridgehead atoms. The summed E-state index contributed by atoms with van der Waals surface area (Å²) in [6, 6.07) is 15.0. The van der Waals surface area contributed by atoms with Crippen molar-refractivity contribution in [1.82, 2.24) is 0 Å². The van der Waals surface area contributed by atoms with E-state index in [4.69, 9.17) is 9.47 Å². The second-order valence-electron chi connectivity index (χ2n) is 4.72. The molecule has 1 heterocycles. The molecule has 2 aromatic carbocycles. The average molecular weight is 269 g/mol. The van der Waals surface area contributed by atoms with E-state index in [1.807, 2.05) is 49.4 Å².